The molecule has 1 aliphatic carbocycles. The molecule has 2 N–H and O–H groups in total. The molecule has 2 fully saturated rings. The highest BCUT2D eigenvalue weighted by Gasteiger charge is 2.30. The summed E-state index contributed by atoms with van der Waals surface area (Å²) in [5, 5.41) is 5.99. The van der Waals surface area contributed by atoms with Crippen LogP contribution >= 0.6 is 0 Å². The maximum atomic E-state index is 12.4. The maximum absolute atomic E-state index is 12.4. The van der Waals surface area contributed by atoms with Crippen LogP contribution in [0.15, 0.2) is 18.2 Å². The van der Waals surface area contributed by atoms with Gasteiger partial charge in [-0.05, 0) is 43.4 Å². The van der Waals surface area contributed by atoms with Gasteiger partial charge in [-0.15, -0.1) is 0 Å². The molecule has 1 aromatic carbocycles. The molecule has 26 heavy (non-hydrogen) atoms. The van der Waals surface area contributed by atoms with E-state index >= 15 is 0 Å². The topological polar surface area (TPSA) is 79.9 Å². The molecule has 2 aliphatic rings. The number of likely N-dealkylation sites (tertiary alicyclic amines) is 1. The van der Waals surface area contributed by atoms with Gasteiger partial charge >= 0.3 is 6.03 Å². The summed E-state index contributed by atoms with van der Waals surface area (Å²) in [6.45, 7) is 1.71. The quantitative estimate of drug-likeness (QED) is 0.811. The molecule has 7 nitrogen and oxygen atoms in total. The molecular formula is C19H27N3O4. The highest BCUT2D eigenvalue weighted by atomic mass is 16.5. The highest BCUT2D eigenvalue weighted by Crippen LogP contribution is 2.27. The number of methoxy groups -OCH3 is 2. The number of nitrogens with one attached hydrogen (secondary N) is 2. The van der Waals surface area contributed by atoms with Gasteiger partial charge in [-0.3, -0.25) is 4.79 Å². The highest BCUT2D eigenvalue weighted by molar-refractivity contribution is 5.79. The molecule has 0 spiro atoms. The van der Waals surface area contributed by atoms with E-state index in [1.165, 1.54) is 0 Å². The third-order valence-corrected chi connectivity index (χ3v) is 4.97. The second-order valence-electron chi connectivity index (χ2n) is 6.89. The number of urea groups is 1. The number of piperidine rings is 1. The van der Waals surface area contributed by atoms with Gasteiger partial charge in [0.15, 0.2) is 11.5 Å². The van der Waals surface area contributed by atoms with Crippen molar-refractivity contribution in [2.75, 3.05) is 27.3 Å². The number of hydrogen-bond acceptors (Lipinski definition) is 4. The van der Waals surface area contributed by atoms with Crippen molar-refractivity contribution in [2.24, 2.45) is 5.92 Å². The molecule has 1 aromatic rings. The van der Waals surface area contributed by atoms with Crippen LogP contribution in [0.4, 0.5) is 4.79 Å². The Balaban J connectivity index is 1.44. The largest absolute Gasteiger partial charge is 0.493 e. The van der Waals surface area contributed by atoms with E-state index < -0.39 is 0 Å². The van der Waals surface area contributed by atoms with Gasteiger partial charge in [0.05, 0.1) is 14.2 Å². The summed E-state index contributed by atoms with van der Waals surface area (Å²) >= 11 is 0. The lowest BCUT2D eigenvalue weighted by molar-refractivity contribution is -0.126. The third-order valence-electron chi connectivity index (χ3n) is 4.97. The number of hydrogen-bond donors (Lipinski definition) is 2. The third kappa shape index (κ3) is 4.59. The van der Waals surface area contributed by atoms with Gasteiger partial charge < -0.3 is 25.0 Å². The number of nitrogens with zero attached hydrogens (tertiary/aromatic N) is 1. The van der Waals surface area contributed by atoms with Gasteiger partial charge in [0.2, 0.25) is 5.91 Å². The molecule has 3 rings (SSSR count). The Morgan fingerprint density at radius 3 is 2.38 bits per heavy atom. The van der Waals surface area contributed by atoms with Crippen molar-refractivity contribution >= 4 is 11.9 Å². The molecule has 0 unspecified atom stereocenters. The fourth-order valence-electron chi connectivity index (χ4n) is 3.16. The molecule has 1 heterocycles. The number of carbonyl (C=O) groups excluding carboxylic acids is 2. The first-order valence-electron chi connectivity index (χ1n) is 9.14. The molecule has 0 atom stereocenters. The lowest BCUT2D eigenvalue weighted by Crippen LogP contribution is -2.47. The van der Waals surface area contributed by atoms with Crippen LogP contribution in [0.1, 0.15) is 31.2 Å². The van der Waals surface area contributed by atoms with Crippen LogP contribution < -0.4 is 20.1 Å². The van der Waals surface area contributed by atoms with Gasteiger partial charge in [0, 0.05) is 31.6 Å². The Bertz CT molecular complexity index is 652. The first-order valence-corrected chi connectivity index (χ1v) is 9.14. The molecule has 1 saturated heterocycles. The number of ether oxygens (including phenoxy) is 2. The average Bonchev–Trinajstić information content (AvgIpc) is 3.49. The molecule has 1 aliphatic heterocycles. The van der Waals surface area contributed by atoms with Crippen molar-refractivity contribution in [3.8, 4) is 11.5 Å². The molecule has 1 saturated carbocycles. The normalized spacial score (nSPS) is 17.5. The van der Waals surface area contributed by atoms with Crippen molar-refractivity contribution in [2.45, 2.75) is 38.3 Å². The molecular weight excluding hydrogens is 334 g/mol. The van der Waals surface area contributed by atoms with E-state index in [9.17, 15) is 9.59 Å². The standard InChI is InChI=1S/C19H27N3O4/c1-25-16-6-3-13(11-17(16)26-2)12-20-18(23)14-7-9-22(10-8-14)19(24)21-15-4-5-15/h3,6,11,14-15H,4-5,7-10,12H2,1-2H3,(H,20,23)(H,21,24). The van der Waals surface area contributed by atoms with E-state index in [0.717, 1.165) is 18.4 Å². The van der Waals surface area contributed by atoms with Crippen LogP contribution in [0.25, 0.3) is 0 Å². The summed E-state index contributed by atoms with van der Waals surface area (Å²) in [7, 11) is 3.18. The van der Waals surface area contributed by atoms with Crippen LogP contribution in [-0.4, -0.2) is 50.2 Å². The van der Waals surface area contributed by atoms with Crippen molar-refractivity contribution in [1.29, 1.82) is 0 Å². The van der Waals surface area contributed by atoms with Gasteiger partial charge in [-0.25, -0.2) is 4.79 Å². The summed E-state index contributed by atoms with van der Waals surface area (Å²) in [4.78, 5) is 26.3. The van der Waals surface area contributed by atoms with Crippen molar-refractivity contribution in [1.82, 2.24) is 15.5 Å². The SMILES string of the molecule is COc1ccc(CNC(=O)C2CCN(C(=O)NC3CC3)CC2)cc1OC. The lowest BCUT2D eigenvalue weighted by atomic mass is 9.96. The molecule has 3 amide bonds. The summed E-state index contributed by atoms with van der Waals surface area (Å²) < 4.78 is 10.5. The Kier molecular flexibility index (Phi) is 5.85. The van der Waals surface area contributed by atoms with E-state index in [4.69, 9.17) is 9.47 Å². The van der Waals surface area contributed by atoms with E-state index in [1.54, 1.807) is 14.2 Å². The van der Waals surface area contributed by atoms with Gasteiger partial charge in [0.25, 0.3) is 0 Å². The molecule has 142 valence electrons. The Morgan fingerprint density at radius 2 is 1.77 bits per heavy atom. The van der Waals surface area contributed by atoms with E-state index in [2.05, 4.69) is 10.6 Å². The molecule has 0 bridgehead atoms. The molecule has 0 radical (unpaired) electrons. The minimum atomic E-state index is -0.0416. The maximum Gasteiger partial charge on any atom is 0.317 e. The zero-order valence-electron chi connectivity index (χ0n) is 15.4. The van der Waals surface area contributed by atoms with E-state index in [-0.39, 0.29) is 17.9 Å². The second kappa shape index (κ2) is 8.29. The van der Waals surface area contributed by atoms with Crippen molar-refractivity contribution < 1.29 is 19.1 Å². The van der Waals surface area contributed by atoms with E-state index in [0.29, 0.717) is 50.0 Å². The van der Waals surface area contributed by atoms with Crippen molar-refractivity contribution in [3.63, 3.8) is 0 Å². The van der Waals surface area contributed by atoms with Crippen LogP contribution in [0.5, 0.6) is 11.5 Å². The van der Waals surface area contributed by atoms with Crippen LogP contribution in [-0.2, 0) is 11.3 Å². The van der Waals surface area contributed by atoms with Gasteiger partial charge in [-0.1, -0.05) is 6.07 Å². The van der Waals surface area contributed by atoms with Gasteiger partial charge in [0.1, 0.15) is 0 Å². The molecule has 0 aromatic heterocycles. The summed E-state index contributed by atoms with van der Waals surface area (Å²) in [5.74, 6) is 1.32. The number of carbonyl (C=O) groups is 2. The van der Waals surface area contributed by atoms with Crippen molar-refractivity contribution in [3.05, 3.63) is 23.8 Å². The number of rotatable bonds is 6. The monoisotopic (exact) mass is 361 g/mol. The first-order chi connectivity index (χ1) is 12.6. The van der Waals surface area contributed by atoms with Crippen LogP contribution in [0, 0.1) is 5.92 Å². The summed E-state index contributed by atoms with van der Waals surface area (Å²) in [6, 6.07) is 5.98. The predicted molar refractivity (Wildman–Crippen MR) is 97.2 cm³/mol. The minimum absolute atomic E-state index is 0.0108. The van der Waals surface area contributed by atoms with E-state index in [1.807, 2.05) is 23.1 Å². The second-order valence-corrected chi connectivity index (χ2v) is 6.89. The van der Waals surface area contributed by atoms with Gasteiger partial charge in [-0.2, -0.15) is 0 Å². The Morgan fingerprint density at radius 1 is 1.08 bits per heavy atom. The fourth-order valence-corrected chi connectivity index (χ4v) is 3.16. The zero-order valence-corrected chi connectivity index (χ0v) is 15.4. The average molecular weight is 361 g/mol. The smallest absolute Gasteiger partial charge is 0.317 e. The number of amides is 3. The van der Waals surface area contributed by atoms with Crippen LogP contribution in [0.3, 0.4) is 0 Å². The fraction of sp³-hybridized carbons (Fsp3) is 0.579. The summed E-state index contributed by atoms with van der Waals surface area (Å²) in [6.07, 6.45) is 3.58. The predicted octanol–water partition coefficient (Wildman–Crippen LogP) is 1.90. The Labute approximate surface area is 154 Å². The first kappa shape index (κ1) is 18.4. The van der Waals surface area contributed by atoms with Crippen LogP contribution in [0.2, 0.25) is 0 Å². The zero-order chi connectivity index (χ0) is 18.5. The molecule has 7 heteroatoms. The Hall–Kier alpha value is -2.44. The minimum Gasteiger partial charge on any atom is -0.493 e. The number of benzene rings is 1. The lowest BCUT2D eigenvalue weighted by Gasteiger charge is -2.31. The summed E-state index contributed by atoms with van der Waals surface area (Å²) in [5.41, 5.74) is 0.956.